The lowest BCUT2D eigenvalue weighted by Gasteiger charge is -2.25. The number of benzene rings is 3. The first-order valence-corrected chi connectivity index (χ1v) is 8.98. The van der Waals surface area contributed by atoms with Gasteiger partial charge in [-0.3, -0.25) is 0 Å². The molecule has 24 heavy (non-hydrogen) atoms. The number of hydrogen-bond donors (Lipinski definition) is 2. The van der Waals surface area contributed by atoms with Crippen molar-refractivity contribution in [3.8, 4) is 0 Å². The van der Waals surface area contributed by atoms with Crippen molar-refractivity contribution in [2.75, 3.05) is 0 Å². The number of aliphatic hydroxyl groups is 1. The van der Waals surface area contributed by atoms with Gasteiger partial charge in [0.15, 0.2) is 0 Å². The fourth-order valence-electron chi connectivity index (χ4n) is 2.56. The molecule has 0 radical (unpaired) electrons. The van der Waals surface area contributed by atoms with E-state index in [4.69, 9.17) is 5.11 Å². The van der Waals surface area contributed by atoms with Gasteiger partial charge in [0.1, 0.15) is 5.85 Å². The molecule has 0 fully saturated rings. The zero-order valence-corrected chi connectivity index (χ0v) is 13.8. The van der Waals surface area contributed by atoms with Gasteiger partial charge in [-0.2, -0.15) is 0 Å². The first-order chi connectivity index (χ1) is 11.7. The fourth-order valence-corrected chi connectivity index (χ4v) is 4.88. The Labute approximate surface area is 142 Å². The van der Waals surface area contributed by atoms with Crippen LogP contribution in [0.3, 0.4) is 0 Å². The predicted octanol–water partition coefficient (Wildman–Crippen LogP) is 3.51. The molecule has 0 saturated heterocycles. The summed E-state index contributed by atoms with van der Waals surface area (Å²) < 4.78 is 0. The van der Waals surface area contributed by atoms with E-state index in [0.717, 1.165) is 16.2 Å². The van der Waals surface area contributed by atoms with Gasteiger partial charge >= 0.3 is 5.97 Å². The lowest BCUT2D eigenvalue weighted by molar-refractivity contribution is 0.0697. The summed E-state index contributed by atoms with van der Waals surface area (Å²) in [6, 6.07) is 26.3. The van der Waals surface area contributed by atoms with Crippen molar-refractivity contribution in [2.45, 2.75) is 5.85 Å². The van der Waals surface area contributed by atoms with E-state index in [-0.39, 0.29) is 5.56 Å². The van der Waals surface area contributed by atoms with E-state index in [0.29, 0.717) is 0 Å². The molecule has 0 aromatic heterocycles. The van der Waals surface area contributed by atoms with Crippen LogP contribution in [-0.4, -0.2) is 16.2 Å². The van der Waals surface area contributed by atoms with Gasteiger partial charge in [0.25, 0.3) is 0 Å². The van der Waals surface area contributed by atoms with Crippen molar-refractivity contribution in [2.24, 2.45) is 0 Å². The molecule has 2 N–H and O–H groups in total. The zero-order valence-electron chi connectivity index (χ0n) is 12.9. The van der Waals surface area contributed by atoms with Crippen molar-refractivity contribution in [1.29, 1.82) is 0 Å². The molecule has 120 valence electrons. The van der Waals surface area contributed by atoms with Crippen LogP contribution in [0.15, 0.2) is 84.9 Å². The van der Waals surface area contributed by atoms with Crippen LogP contribution < -0.4 is 10.6 Å². The maximum Gasteiger partial charge on any atom is 0.335 e. The molecule has 0 saturated carbocycles. The van der Waals surface area contributed by atoms with E-state index in [9.17, 15) is 9.90 Å². The van der Waals surface area contributed by atoms with Crippen molar-refractivity contribution in [3.63, 3.8) is 0 Å². The zero-order chi connectivity index (χ0) is 16.9. The monoisotopic (exact) mass is 336 g/mol. The molecule has 0 aliphatic heterocycles. The molecular weight excluding hydrogens is 319 g/mol. The smallest absolute Gasteiger partial charge is 0.335 e. The molecule has 3 aromatic carbocycles. The Balaban J connectivity index is 2.00. The molecule has 0 bridgehead atoms. The summed E-state index contributed by atoms with van der Waals surface area (Å²) >= 11 is 0. The Morgan fingerprint density at radius 1 is 0.750 bits per heavy atom. The molecule has 3 aromatic rings. The third-order valence-electron chi connectivity index (χ3n) is 3.77. The molecule has 4 heteroatoms. The van der Waals surface area contributed by atoms with E-state index >= 15 is 0 Å². The second-order valence-electron chi connectivity index (χ2n) is 5.34. The topological polar surface area (TPSA) is 57.5 Å². The maximum atomic E-state index is 11.0. The Morgan fingerprint density at radius 3 is 1.62 bits per heavy atom. The minimum atomic E-state index is -1.01. The summed E-state index contributed by atoms with van der Waals surface area (Å²) in [6.45, 7) is 0. The molecule has 3 nitrogen and oxygen atoms in total. The summed E-state index contributed by atoms with van der Waals surface area (Å²) in [6.07, 6.45) is 0. The Hall–Kier alpha value is -2.48. The van der Waals surface area contributed by atoms with E-state index in [1.807, 2.05) is 60.7 Å². The first kappa shape index (κ1) is 16.4. The third kappa shape index (κ3) is 3.53. The van der Waals surface area contributed by atoms with Crippen LogP contribution in [-0.2, 0) is 0 Å². The van der Waals surface area contributed by atoms with E-state index in [1.54, 1.807) is 12.1 Å². The highest BCUT2D eigenvalue weighted by Crippen LogP contribution is 2.47. The highest BCUT2D eigenvalue weighted by atomic mass is 31.1. The van der Waals surface area contributed by atoms with Crippen LogP contribution in [0.2, 0.25) is 0 Å². The molecular formula is C20H17O3P. The average Bonchev–Trinajstić information content (AvgIpc) is 2.64. The molecule has 0 aliphatic carbocycles. The summed E-state index contributed by atoms with van der Waals surface area (Å²) in [5.74, 6) is -1.67. The lowest BCUT2D eigenvalue weighted by atomic mass is 10.1. The standard InChI is InChI=1S/C20H17O3P/c21-19(22)15-11-13-16(14-12-15)20(23)24(17-7-3-1-4-8-17)18-9-5-2-6-10-18/h1-14,20,23H,(H,21,22). The van der Waals surface area contributed by atoms with Gasteiger partial charge in [0.05, 0.1) is 5.56 Å². The number of carboxylic acids is 1. The quantitative estimate of drug-likeness (QED) is 0.701. The molecule has 1 unspecified atom stereocenters. The SMILES string of the molecule is O=C(O)c1ccc(C(O)P(c2ccccc2)c2ccccc2)cc1. The van der Waals surface area contributed by atoms with Crippen molar-refractivity contribution < 1.29 is 15.0 Å². The van der Waals surface area contributed by atoms with Crippen LogP contribution in [0.1, 0.15) is 21.8 Å². The summed E-state index contributed by atoms with van der Waals surface area (Å²) in [7, 11) is -1.01. The van der Waals surface area contributed by atoms with Gasteiger partial charge < -0.3 is 10.2 Å². The molecule has 0 aliphatic rings. The van der Waals surface area contributed by atoms with Crippen LogP contribution in [0.25, 0.3) is 0 Å². The van der Waals surface area contributed by atoms with Gasteiger partial charge in [-0.05, 0) is 36.2 Å². The number of hydrogen-bond acceptors (Lipinski definition) is 2. The fraction of sp³-hybridized carbons (Fsp3) is 0.0500. The third-order valence-corrected chi connectivity index (χ3v) is 6.27. The van der Waals surface area contributed by atoms with E-state index in [1.165, 1.54) is 12.1 Å². The van der Waals surface area contributed by atoms with Gasteiger partial charge in [0, 0.05) is 0 Å². The maximum absolute atomic E-state index is 11.0. The molecule has 0 amide bonds. The minimum absolute atomic E-state index is 0.217. The number of aliphatic hydroxyl groups excluding tert-OH is 1. The Bertz CT molecular complexity index is 762. The number of carboxylic acid groups (broad SMARTS) is 1. The second-order valence-corrected chi connectivity index (χ2v) is 7.60. The van der Waals surface area contributed by atoms with Crippen LogP contribution in [0.5, 0.6) is 0 Å². The number of aromatic carboxylic acids is 1. The summed E-state index contributed by atoms with van der Waals surface area (Å²) in [4.78, 5) is 11.0. The first-order valence-electron chi connectivity index (χ1n) is 7.57. The van der Waals surface area contributed by atoms with Crippen LogP contribution in [0, 0.1) is 0 Å². The highest BCUT2D eigenvalue weighted by molar-refractivity contribution is 7.73. The van der Waals surface area contributed by atoms with Crippen molar-refractivity contribution >= 4 is 24.5 Å². The second kappa shape index (κ2) is 7.39. The number of rotatable bonds is 5. The Kier molecular flexibility index (Phi) is 5.05. The van der Waals surface area contributed by atoms with Crippen LogP contribution >= 0.6 is 7.92 Å². The molecule has 0 spiro atoms. The van der Waals surface area contributed by atoms with Gasteiger partial charge in [0.2, 0.25) is 0 Å². The van der Waals surface area contributed by atoms with Crippen LogP contribution in [0.4, 0.5) is 0 Å². The van der Waals surface area contributed by atoms with E-state index in [2.05, 4.69) is 0 Å². The minimum Gasteiger partial charge on any atom is -0.478 e. The summed E-state index contributed by atoms with van der Waals surface area (Å²) in [5, 5.41) is 22.2. The summed E-state index contributed by atoms with van der Waals surface area (Å²) in [5.41, 5.74) is 0.938. The van der Waals surface area contributed by atoms with Gasteiger partial charge in [-0.15, -0.1) is 0 Å². The average molecular weight is 336 g/mol. The van der Waals surface area contributed by atoms with Gasteiger partial charge in [-0.1, -0.05) is 72.8 Å². The van der Waals surface area contributed by atoms with Crippen molar-refractivity contribution in [1.82, 2.24) is 0 Å². The number of carbonyl (C=O) groups is 1. The normalized spacial score (nSPS) is 12.1. The molecule has 3 rings (SSSR count). The van der Waals surface area contributed by atoms with Crippen molar-refractivity contribution in [3.05, 3.63) is 96.1 Å². The predicted molar refractivity (Wildman–Crippen MR) is 97.4 cm³/mol. The Morgan fingerprint density at radius 2 is 1.21 bits per heavy atom. The highest BCUT2D eigenvalue weighted by Gasteiger charge is 2.24. The molecule has 1 atom stereocenters. The lowest BCUT2D eigenvalue weighted by Crippen LogP contribution is -2.17. The van der Waals surface area contributed by atoms with Gasteiger partial charge in [-0.25, -0.2) is 4.79 Å². The molecule has 0 heterocycles. The largest absolute Gasteiger partial charge is 0.478 e. The van der Waals surface area contributed by atoms with E-state index < -0.39 is 19.7 Å².